The number of nitrogens with zero attached hydrogens (tertiary/aromatic N) is 1. The molecule has 0 atom stereocenters. The molecule has 0 spiro atoms. The fourth-order valence-electron chi connectivity index (χ4n) is 1.88. The normalized spacial score (nSPS) is 11.1. The van der Waals surface area contributed by atoms with E-state index < -0.39 is 0 Å². The first kappa shape index (κ1) is 11.9. The molecule has 0 saturated heterocycles. The van der Waals surface area contributed by atoms with Gasteiger partial charge in [0.25, 0.3) is 0 Å². The summed E-state index contributed by atoms with van der Waals surface area (Å²) in [5.41, 5.74) is 8.83. The molecular weight excluding hydrogens is 212 g/mol. The van der Waals surface area contributed by atoms with Crippen LogP contribution in [0.2, 0.25) is 0 Å². The molecular formula is C14H18N2O. The van der Waals surface area contributed by atoms with Crippen LogP contribution in [-0.4, -0.2) is 11.5 Å². The minimum absolute atomic E-state index is 0.344. The van der Waals surface area contributed by atoms with Gasteiger partial charge in [0.1, 0.15) is 11.5 Å². The minimum atomic E-state index is 0.344. The third-order valence-corrected chi connectivity index (χ3v) is 2.78. The van der Waals surface area contributed by atoms with Crippen molar-refractivity contribution in [1.29, 1.82) is 0 Å². The Labute approximate surface area is 102 Å². The first-order valence-electron chi connectivity index (χ1n) is 5.95. The fourth-order valence-corrected chi connectivity index (χ4v) is 1.88. The summed E-state index contributed by atoms with van der Waals surface area (Å²) in [6.07, 6.45) is 2.43. The maximum Gasteiger partial charge on any atom is 0.181 e. The van der Waals surface area contributed by atoms with Crippen molar-refractivity contribution in [2.24, 2.45) is 5.73 Å². The maximum atomic E-state index is 5.53. The molecule has 0 fully saturated rings. The van der Waals surface area contributed by atoms with Crippen LogP contribution in [0.3, 0.4) is 0 Å². The largest absolute Gasteiger partial charge is 0.448 e. The molecule has 1 aromatic carbocycles. The van der Waals surface area contributed by atoms with Crippen LogP contribution in [-0.2, 0) is 6.42 Å². The second kappa shape index (κ2) is 5.15. The zero-order valence-electron chi connectivity index (χ0n) is 10.3. The highest BCUT2D eigenvalue weighted by atomic mass is 16.3. The average Bonchev–Trinajstić information content (AvgIpc) is 2.79. The lowest BCUT2D eigenvalue weighted by atomic mass is 10.0. The molecule has 17 heavy (non-hydrogen) atoms. The molecule has 2 N–H and O–H groups in total. The lowest BCUT2D eigenvalue weighted by Crippen LogP contribution is -2.02. The van der Waals surface area contributed by atoms with E-state index in [1.54, 1.807) is 0 Å². The molecule has 0 amide bonds. The van der Waals surface area contributed by atoms with Gasteiger partial charge in [-0.05, 0) is 18.5 Å². The highest BCUT2D eigenvalue weighted by Crippen LogP contribution is 2.27. The second-order valence-electron chi connectivity index (χ2n) is 4.46. The van der Waals surface area contributed by atoms with Crippen molar-refractivity contribution < 1.29 is 4.42 Å². The first-order chi connectivity index (χ1) is 8.22. The van der Waals surface area contributed by atoms with Crippen LogP contribution < -0.4 is 5.73 Å². The maximum absolute atomic E-state index is 5.53. The molecule has 2 rings (SSSR count). The van der Waals surface area contributed by atoms with E-state index in [9.17, 15) is 0 Å². The summed E-state index contributed by atoms with van der Waals surface area (Å²) in [5, 5.41) is 0. The summed E-state index contributed by atoms with van der Waals surface area (Å²) < 4.78 is 5.43. The molecule has 0 unspecified atom stereocenters. The SMILES string of the molecule is CC(C)c1ocnc1-c1ccc(CCN)cc1. The zero-order chi connectivity index (χ0) is 12.3. The Bertz CT molecular complexity index is 471. The van der Waals surface area contributed by atoms with Crippen LogP contribution in [0.1, 0.15) is 31.1 Å². The van der Waals surface area contributed by atoms with Gasteiger partial charge < -0.3 is 10.2 Å². The van der Waals surface area contributed by atoms with Crippen molar-refractivity contribution in [1.82, 2.24) is 4.98 Å². The van der Waals surface area contributed by atoms with E-state index in [1.165, 1.54) is 12.0 Å². The van der Waals surface area contributed by atoms with Crippen molar-refractivity contribution in [2.75, 3.05) is 6.54 Å². The van der Waals surface area contributed by atoms with Crippen molar-refractivity contribution in [2.45, 2.75) is 26.2 Å². The van der Waals surface area contributed by atoms with Gasteiger partial charge in [0.15, 0.2) is 6.39 Å². The summed E-state index contributed by atoms with van der Waals surface area (Å²) in [6.45, 7) is 4.89. The van der Waals surface area contributed by atoms with Gasteiger partial charge in [-0.1, -0.05) is 38.1 Å². The topological polar surface area (TPSA) is 52.0 Å². The number of oxazole rings is 1. The number of rotatable bonds is 4. The molecule has 90 valence electrons. The van der Waals surface area contributed by atoms with Gasteiger partial charge in [-0.15, -0.1) is 0 Å². The molecule has 0 bridgehead atoms. The summed E-state index contributed by atoms with van der Waals surface area (Å²) in [6, 6.07) is 8.35. The Morgan fingerprint density at radius 3 is 2.53 bits per heavy atom. The summed E-state index contributed by atoms with van der Waals surface area (Å²) in [7, 11) is 0. The van der Waals surface area contributed by atoms with E-state index >= 15 is 0 Å². The standard InChI is InChI=1S/C14H18N2O/c1-10(2)14-13(16-9-17-14)12-5-3-11(4-6-12)7-8-15/h3-6,9-10H,7-8,15H2,1-2H3. The molecule has 3 nitrogen and oxygen atoms in total. The van der Waals surface area contributed by atoms with Crippen molar-refractivity contribution in [3.05, 3.63) is 42.0 Å². The summed E-state index contributed by atoms with van der Waals surface area (Å²) >= 11 is 0. The molecule has 0 saturated carbocycles. The molecule has 0 aliphatic carbocycles. The fraction of sp³-hybridized carbons (Fsp3) is 0.357. The first-order valence-corrected chi connectivity index (χ1v) is 5.95. The smallest absolute Gasteiger partial charge is 0.181 e. The molecule has 1 heterocycles. The molecule has 2 aromatic rings. The Kier molecular flexibility index (Phi) is 3.59. The van der Waals surface area contributed by atoms with E-state index in [4.69, 9.17) is 10.2 Å². The Balaban J connectivity index is 2.30. The zero-order valence-corrected chi connectivity index (χ0v) is 10.3. The van der Waals surface area contributed by atoms with Gasteiger partial charge in [0, 0.05) is 11.5 Å². The highest BCUT2D eigenvalue weighted by Gasteiger charge is 2.13. The quantitative estimate of drug-likeness (QED) is 0.878. The average molecular weight is 230 g/mol. The van der Waals surface area contributed by atoms with Crippen molar-refractivity contribution >= 4 is 0 Å². The lowest BCUT2D eigenvalue weighted by molar-refractivity contribution is 0.483. The van der Waals surface area contributed by atoms with Crippen LogP contribution in [0.5, 0.6) is 0 Å². The third kappa shape index (κ3) is 2.56. The molecule has 0 radical (unpaired) electrons. The molecule has 3 heteroatoms. The Morgan fingerprint density at radius 1 is 1.24 bits per heavy atom. The number of benzene rings is 1. The van der Waals surface area contributed by atoms with Gasteiger partial charge in [0.05, 0.1) is 0 Å². The second-order valence-corrected chi connectivity index (χ2v) is 4.46. The molecule has 1 aromatic heterocycles. The predicted octanol–water partition coefficient (Wildman–Crippen LogP) is 2.97. The van der Waals surface area contributed by atoms with Crippen LogP contribution >= 0.6 is 0 Å². The van der Waals surface area contributed by atoms with Crippen molar-refractivity contribution in [3.63, 3.8) is 0 Å². The van der Waals surface area contributed by atoms with Gasteiger partial charge >= 0.3 is 0 Å². The number of aromatic nitrogens is 1. The van der Waals surface area contributed by atoms with Gasteiger partial charge in [0.2, 0.25) is 0 Å². The van der Waals surface area contributed by atoms with Crippen LogP contribution in [0.15, 0.2) is 35.1 Å². The van der Waals surface area contributed by atoms with Gasteiger partial charge in [-0.3, -0.25) is 0 Å². The number of hydrogen-bond donors (Lipinski definition) is 1. The lowest BCUT2D eigenvalue weighted by Gasteiger charge is -2.05. The third-order valence-electron chi connectivity index (χ3n) is 2.78. The minimum Gasteiger partial charge on any atom is -0.448 e. The van der Waals surface area contributed by atoms with Crippen molar-refractivity contribution in [3.8, 4) is 11.3 Å². The molecule has 0 aliphatic rings. The van der Waals surface area contributed by atoms with Crippen LogP contribution in [0.25, 0.3) is 11.3 Å². The Hall–Kier alpha value is -1.61. The van der Waals surface area contributed by atoms with Gasteiger partial charge in [-0.25, -0.2) is 4.98 Å². The van der Waals surface area contributed by atoms with Crippen LogP contribution in [0, 0.1) is 0 Å². The van der Waals surface area contributed by atoms with E-state index in [-0.39, 0.29) is 0 Å². The Morgan fingerprint density at radius 2 is 1.94 bits per heavy atom. The van der Waals surface area contributed by atoms with E-state index in [2.05, 4.69) is 43.1 Å². The number of hydrogen-bond acceptors (Lipinski definition) is 3. The van der Waals surface area contributed by atoms with Crippen LogP contribution in [0.4, 0.5) is 0 Å². The van der Waals surface area contributed by atoms with Gasteiger partial charge in [-0.2, -0.15) is 0 Å². The van der Waals surface area contributed by atoms with E-state index in [0.717, 1.165) is 23.4 Å². The number of nitrogens with two attached hydrogens (primary N) is 1. The van der Waals surface area contributed by atoms with E-state index in [0.29, 0.717) is 12.5 Å². The predicted molar refractivity (Wildman–Crippen MR) is 68.8 cm³/mol. The highest BCUT2D eigenvalue weighted by molar-refractivity contribution is 5.61. The summed E-state index contributed by atoms with van der Waals surface area (Å²) in [4.78, 5) is 4.29. The monoisotopic (exact) mass is 230 g/mol. The van der Waals surface area contributed by atoms with E-state index in [1.807, 2.05) is 0 Å². The summed E-state index contributed by atoms with van der Waals surface area (Å²) in [5.74, 6) is 1.28. The molecule has 0 aliphatic heterocycles.